The molecule has 1 heterocycles. The number of phenols is 1. The zero-order valence-electron chi connectivity index (χ0n) is 17.1. The monoisotopic (exact) mass is 459 g/mol. The van der Waals surface area contributed by atoms with Crippen LogP contribution in [0.4, 0.5) is 18.9 Å². The number of amides is 2. The summed E-state index contributed by atoms with van der Waals surface area (Å²) in [6.07, 6.45) is -5.67. The molecule has 1 aliphatic heterocycles. The highest BCUT2D eigenvalue weighted by Crippen LogP contribution is 2.47. The van der Waals surface area contributed by atoms with E-state index in [0.29, 0.717) is 16.4 Å². The molecule has 0 unspecified atom stereocenters. The van der Waals surface area contributed by atoms with Gasteiger partial charge in [-0.05, 0) is 24.6 Å². The van der Waals surface area contributed by atoms with Crippen molar-refractivity contribution in [3.8, 4) is 11.5 Å². The highest BCUT2D eigenvalue weighted by molar-refractivity contribution is 6.38. The number of anilines is 1. The third-order valence-corrected chi connectivity index (χ3v) is 5.23. The predicted molar refractivity (Wildman–Crippen MR) is 111 cm³/mol. The molecule has 0 bridgehead atoms. The van der Waals surface area contributed by atoms with Crippen molar-refractivity contribution >= 4 is 34.2 Å². The number of aromatic hydroxyl groups is 1. The molecule has 10 heteroatoms. The molecule has 3 aromatic carbocycles. The van der Waals surface area contributed by atoms with E-state index in [1.54, 1.807) is 25.1 Å². The van der Waals surface area contributed by atoms with E-state index in [4.69, 9.17) is 9.84 Å². The minimum absolute atomic E-state index is 0.0159. The van der Waals surface area contributed by atoms with Crippen molar-refractivity contribution in [3.63, 3.8) is 0 Å². The van der Waals surface area contributed by atoms with Crippen LogP contribution >= 0.6 is 0 Å². The maximum atomic E-state index is 13.8. The van der Waals surface area contributed by atoms with Gasteiger partial charge >= 0.3 is 12.1 Å². The van der Waals surface area contributed by atoms with Crippen LogP contribution < -0.4 is 9.64 Å². The second-order valence-corrected chi connectivity index (χ2v) is 7.27. The van der Waals surface area contributed by atoms with Gasteiger partial charge in [0.1, 0.15) is 11.5 Å². The highest BCUT2D eigenvalue weighted by atomic mass is 19.4. The minimum atomic E-state index is -4.99. The molecular weight excluding hydrogens is 443 g/mol. The summed E-state index contributed by atoms with van der Waals surface area (Å²) in [6.45, 7) is 1.73. The van der Waals surface area contributed by atoms with Gasteiger partial charge in [-0.25, -0.2) is 4.90 Å². The lowest BCUT2D eigenvalue weighted by molar-refractivity contribution is -0.138. The number of phenolic OH excluding ortho intramolecular Hbond substituents is 1. The summed E-state index contributed by atoms with van der Waals surface area (Å²) >= 11 is 0. The first-order chi connectivity index (χ1) is 15.6. The normalized spacial score (nSPS) is 13.5. The lowest BCUT2D eigenvalue weighted by Crippen LogP contribution is -2.31. The number of benzene rings is 3. The number of carboxylic acid groups (broad SMARTS) is 1. The van der Waals surface area contributed by atoms with Crippen molar-refractivity contribution in [2.45, 2.75) is 19.5 Å². The number of carbonyl (C=O) groups is 3. The molecule has 7 nitrogen and oxygen atoms in total. The zero-order chi connectivity index (χ0) is 24.1. The van der Waals surface area contributed by atoms with E-state index in [1.807, 2.05) is 0 Å². The fourth-order valence-electron chi connectivity index (χ4n) is 3.92. The smallest absolute Gasteiger partial charge is 0.418 e. The number of aliphatic carboxylic acids is 1. The number of nitrogens with zero attached hydrogens (tertiary/aromatic N) is 1. The van der Waals surface area contributed by atoms with Crippen molar-refractivity contribution in [1.82, 2.24) is 0 Å². The van der Waals surface area contributed by atoms with Gasteiger partial charge in [0, 0.05) is 10.8 Å². The van der Waals surface area contributed by atoms with Crippen LogP contribution in [-0.2, 0) is 17.4 Å². The number of hydrogen-bond donors (Lipinski definition) is 2. The molecule has 0 aliphatic carbocycles. The SMILES string of the molecule is CCOc1c2c(c(O)c3ccccc13)C(=O)N(c1ccc(CC(=O)O)cc1C(F)(F)F)C2=O. The van der Waals surface area contributed by atoms with Gasteiger partial charge in [-0.3, -0.25) is 14.4 Å². The van der Waals surface area contributed by atoms with Gasteiger partial charge in [0.15, 0.2) is 0 Å². The van der Waals surface area contributed by atoms with Crippen molar-refractivity contribution in [2.24, 2.45) is 0 Å². The molecule has 0 atom stereocenters. The number of alkyl halides is 3. The molecule has 33 heavy (non-hydrogen) atoms. The topological polar surface area (TPSA) is 104 Å². The van der Waals surface area contributed by atoms with Gasteiger partial charge in [-0.1, -0.05) is 30.3 Å². The number of fused-ring (bicyclic) bond motifs is 2. The summed E-state index contributed by atoms with van der Waals surface area (Å²) in [4.78, 5) is 37.8. The summed E-state index contributed by atoms with van der Waals surface area (Å²) in [5.41, 5.74) is -3.06. The summed E-state index contributed by atoms with van der Waals surface area (Å²) in [5, 5.41) is 20.2. The molecule has 3 aromatic rings. The van der Waals surface area contributed by atoms with Gasteiger partial charge in [-0.2, -0.15) is 13.2 Å². The van der Waals surface area contributed by atoms with Crippen molar-refractivity contribution in [1.29, 1.82) is 0 Å². The summed E-state index contributed by atoms with van der Waals surface area (Å²) in [5.74, 6) is -4.12. The van der Waals surface area contributed by atoms with Crippen LogP contribution in [0.3, 0.4) is 0 Å². The van der Waals surface area contributed by atoms with Gasteiger partial charge in [-0.15, -0.1) is 0 Å². The fraction of sp³-hybridized carbons (Fsp3) is 0.174. The Bertz CT molecular complexity index is 1330. The quantitative estimate of drug-likeness (QED) is 0.549. The summed E-state index contributed by atoms with van der Waals surface area (Å²) in [7, 11) is 0. The van der Waals surface area contributed by atoms with E-state index in [0.717, 1.165) is 12.1 Å². The molecule has 170 valence electrons. The Morgan fingerprint density at radius 2 is 1.67 bits per heavy atom. The Balaban J connectivity index is 1.96. The van der Waals surface area contributed by atoms with Crippen LogP contribution in [0.2, 0.25) is 0 Å². The van der Waals surface area contributed by atoms with E-state index in [2.05, 4.69) is 0 Å². The van der Waals surface area contributed by atoms with Crippen LogP contribution in [0.5, 0.6) is 11.5 Å². The number of hydrogen-bond acceptors (Lipinski definition) is 5. The van der Waals surface area contributed by atoms with E-state index in [1.165, 1.54) is 6.07 Å². The Kier molecular flexibility index (Phi) is 5.23. The first-order valence-electron chi connectivity index (χ1n) is 9.77. The average molecular weight is 459 g/mol. The molecule has 2 N–H and O–H groups in total. The Morgan fingerprint density at radius 1 is 1.03 bits per heavy atom. The zero-order valence-corrected chi connectivity index (χ0v) is 17.1. The lowest BCUT2D eigenvalue weighted by atomic mass is 9.99. The summed E-state index contributed by atoms with van der Waals surface area (Å²) in [6, 6.07) is 8.83. The molecule has 0 fully saturated rings. The molecule has 0 radical (unpaired) electrons. The molecule has 2 amide bonds. The van der Waals surface area contributed by atoms with Crippen LogP contribution in [0.25, 0.3) is 10.8 Å². The van der Waals surface area contributed by atoms with Crippen LogP contribution in [0, 0.1) is 0 Å². The van der Waals surface area contributed by atoms with Gasteiger partial charge in [0.2, 0.25) is 0 Å². The van der Waals surface area contributed by atoms with Gasteiger partial charge in [0.25, 0.3) is 11.8 Å². The number of rotatable bonds is 5. The Morgan fingerprint density at radius 3 is 2.27 bits per heavy atom. The molecule has 0 saturated heterocycles. The average Bonchev–Trinajstić information content (AvgIpc) is 3.00. The third-order valence-electron chi connectivity index (χ3n) is 5.23. The number of carbonyl (C=O) groups excluding carboxylic acids is 2. The molecule has 0 spiro atoms. The third kappa shape index (κ3) is 3.53. The standard InChI is InChI=1S/C23H16F3NO6/c1-2-33-20-13-6-4-3-5-12(13)19(30)17-18(20)22(32)27(21(17)31)15-8-7-11(10-16(28)29)9-14(15)23(24,25)26/h3-9,30H,2,10H2,1H3,(H,28,29). The highest BCUT2D eigenvalue weighted by Gasteiger charge is 2.46. The predicted octanol–water partition coefficient (Wildman–Crippen LogP) is 4.39. The van der Waals surface area contributed by atoms with E-state index >= 15 is 0 Å². The molecule has 0 aromatic heterocycles. The Hall–Kier alpha value is -4.08. The minimum Gasteiger partial charge on any atom is -0.506 e. The lowest BCUT2D eigenvalue weighted by Gasteiger charge is -2.20. The van der Waals surface area contributed by atoms with E-state index in [9.17, 15) is 32.7 Å². The first kappa shape index (κ1) is 22.1. The molecular formula is C23H16F3NO6. The first-order valence-corrected chi connectivity index (χ1v) is 9.77. The van der Waals surface area contributed by atoms with Crippen molar-refractivity contribution in [3.05, 3.63) is 64.7 Å². The van der Waals surface area contributed by atoms with E-state index < -0.39 is 52.9 Å². The number of carboxylic acids is 1. The second kappa shape index (κ2) is 7.80. The second-order valence-electron chi connectivity index (χ2n) is 7.27. The number of ether oxygens (including phenoxy) is 1. The van der Waals surface area contributed by atoms with Crippen molar-refractivity contribution in [2.75, 3.05) is 11.5 Å². The van der Waals surface area contributed by atoms with Gasteiger partial charge in [0.05, 0.1) is 35.4 Å². The maximum Gasteiger partial charge on any atom is 0.418 e. The van der Waals surface area contributed by atoms with Crippen LogP contribution in [-0.4, -0.2) is 34.6 Å². The van der Waals surface area contributed by atoms with Crippen molar-refractivity contribution < 1.29 is 42.5 Å². The Labute approximate surface area is 184 Å². The fourth-order valence-corrected chi connectivity index (χ4v) is 3.92. The summed E-state index contributed by atoms with van der Waals surface area (Å²) < 4.78 is 47.1. The molecule has 1 aliphatic rings. The van der Waals surface area contributed by atoms with E-state index in [-0.39, 0.29) is 28.9 Å². The largest absolute Gasteiger partial charge is 0.506 e. The molecule has 0 saturated carbocycles. The molecule has 4 rings (SSSR count). The number of halogens is 3. The van der Waals surface area contributed by atoms with Gasteiger partial charge < -0.3 is 14.9 Å². The van der Waals surface area contributed by atoms with Crippen LogP contribution in [0.1, 0.15) is 38.8 Å². The number of imide groups is 1. The van der Waals surface area contributed by atoms with Crippen LogP contribution in [0.15, 0.2) is 42.5 Å². The maximum absolute atomic E-state index is 13.8.